The highest BCUT2D eigenvalue weighted by Gasteiger charge is 2.37. The van der Waals surface area contributed by atoms with E-state index in [1.165, 1.54) is 22.3 Å². The Hall–Kier alpha value is -1.28. The molecule has 1 aliphatic carbocycles. The summed E-state index contributed by atoms with van der Waals surface area (Å²) in [6.07, 6.45) is 0. The van der Waals surface area contributed by atoms with Crippen LogP contribution in [-0.2, 0) is 5.41 Å². The molecule has 0 bridgehead atoms. The molecule has 0 heterocycles. The van der Waals surface area contributed by atoms with Crippen LogP contribution in [0.4, 0.5) is 5.69 Å². The van der Waals surface area contributed by atoms with Crippen LogP contribution in [0.1, 0.15) is 25.0 Å². The van der Waals surface area contributed by atoms with Gasteiger partial charge in [-0.25, -0.2) is 0 Å². The summed E-state index contributed by atoms with van der Waals surface area (Å²) >= 11 is 3.64. The molecule has 3 rings (SSSR count). The van der Waals surface area contributed by atoms with Crippen LogP contribution in [0.2, 0.25) is 0 Å². The summed E-state index contributed by atoms with van der Waals surface area (Å²) in [4.78, 5) is 0. The van der Waals surface area contributed by atoms with Crippen LogP contribution >= 0.6 is 15.9 Å². The predicted molar refractivity (Wildman–Crippen MR) is 76.1 cm³/mol. The molecule has 1 aliphatic rings. The Morgan fingerprint density at radius 2 is 1.71 bits per heavy atom. The molecule has 0 saturated carbocycles. The lowest BCUT2D eigenvalue weighted by atomic mass is 9.82. The number of benzene rings is 2. The van der Waals surface area contributed by atoms with Crippen molar-refractivity contribution in [3.05, 3.63) is 52.0 Å². The summed E-state index contributed by atoms with van der Waals surface area (Å²) in [5.41, 5.74) is 12.1. The first-order valence-corrected chi connectivity index (χ1v) is 6.51. The average molecular weight is 288 g/mol. The van der Waals surface area contributed by atoms with Crippen molar-refractivity contribution >= 4 is 21.6 Å². The van der Waals surface area contributed by atoms with E-state index in [4.69, 9.17) is 5.73 Å². The third kappa shape index (κ3) is 1.31. The Bertz CT molecular complexity index is 614. The SMILES string of the molecule is CC1(C)c2ccccc2-c2ccc(N)c(Br)c21. The third-order valence-corrected chi connectivity index (χ3v) is 4.54. The van der Waals surface area contributed by atoms with Gasteiger partial charge >= 0.3 is 0 Å². The van der Waals surface area contributed by atoms with Crippen molar-refractivity contribution in [3.8, 4) is 11.1 Å². The van der Waals surface area contributed by atoms with Gasteiger partial charge in [-0.15, -0.1) is 0 Å². The van der Waals surface area contributed by atoms with Crippen LogP contribution < -0.4 is 5.73 Å². The molecular formula is C15H14BrN. The zero-order valence-corrected chi connectivity index (χ0v) is 11.5. The van der Waals surface area contributed by atoms with Crippen molar-refractivity contribution in [2.75, 3.05) is 5.73 Å². The minimum Gasteiger partial charge on any atom is -0.398 e. The van der Waals surface area contributed by atoms with E-state index in [0.29, 0.717) is 0 Å². The fourth-order valence-electron chi connectivity index (χ4n) is 2.83. The van der Waals surface area contributed by atoms with Gasteiger partial charge < -0.3 is 5.73 Å². The first-order valence-electron chi connectivity index (χ1n) is 5.72. The Labute approximate surface area is 110 Å². The van der Waals surface area contributed by atoms with Gasteiger partial charge in [-0.2, -0.15) is 0 Å². The first-order chi connectivity index (χ1) is 8.03. The second-order valence-corrected chi connectivity index (χ2v) is 5.85. The Kier molecular flexibility index (Phi) is 2.14. The van der Waals surface area contributed by atoms with Crippen LogP contribution in [-0.4, -0.2) is 0 Å². The molecule has 2 heteroatoms. The van der Waals surface area contributed by atoms with Crippen LogP contribution in [0.5, 0.6) is 0 Å². The van der Waals surface area contributed by atoms with Gasteiger partial charge in [0, 0.05) is 15.6 Å². The van der Waals surface area contributed by atoms with E-state index in [9.17, 15) is 0 Å². The minimum atomic E-state index is 0.0140. The van der Waals surface area contributed by atoms with Gasteiger partial charge in [0.15, 0.2) is 0 Å². The van der Waals surface area contributed by atoms with Crippen LogP contribution in [0.15, 0.2) is 40.9 Å². The van der Waals surface area contributed by atoms with E-state index in [2.05, 4.69) is 60.1 Å². The van der Waals surface area contributed by atoms with Gasteiger partial charge in [-0.3, -0.25) is 0 Å². The Morgan fingerprint density at radius 1 is 1.00 bits per heavy atom. The molecule has 0 radical (unpaired) electrons. The van der Waals surface area contributed by atoms with Crippen molar-refractivity contribution in [1.29, 1.82) is 0 Å². The number of fused-ring (bicyclic) bond motifs is 3. The quantitative estimate of drug-likeness (QED) is 0.717. The molecule has 0 aliphatic heterocycles. The van der Waals surface area contributed by atoms with Gasteiger partial charge in [0.1, 0.15) is 0 Å². The summed E-state index contributed by atoms with van der Waals surface area (Å²) in [6.45, 7) is 4.50. The highest BCUT2D eigenvalue weighted by atomic mass is 79.9. The van der Waals surface area contributed by atoms with Crippen molar-refractivity contribution in [3.63, 3.8) is 0 Å². The maximum atomic E-state index is 6.00. The molecule has 0 fully saturated rings. The van der Waals surface area contributed by atoms with E-state index in [-0.39, 0.29) is 5.41 Å². The van der Waals surface area contributed by atoms with Crippen LogP contribution in [0, 0.1) is 0 Å². The van der Waals surface area contributed by atoms with Crippen LogP contribution in [0.3, 0.4) is 0 Å². The summed E-state index contributed by atoms with van der Waals surface area (Å²) in [7, 11) is 0. The third-order valence-electron chi connectivity index (χ3n) is 3.69. The maximum Gasteiger partial charge on any atom is 0.0462 e. The van der Waals surface area contributed by atoms with Gasteiger partial charge in [0.25, 0.3) is 0 Å². The van der Waals surface area contributed by atoms with Crippen LogP contribution in [0.25, 0.3) is 11.1 Å². The highest BCUT2D eigenvalue weighted by molar-refractivity contribution is 9.10. The number of nitrogen functional groups attached to an aromatic ring is 1. The second kappa shape index (κ2) is 3.36. The maximum absolute atomic E-state index is 6.00. The molecule has 0 spiro atoms. The van der Waals surface area contributed by atoms with E-state index in [1.54, 1.807) is 0 Å². The fourth-order valence-corrected chi connectivity index (χ4v) is 3.67. The van der Waals surface area contributed by atoms with E-state index in [0.717, 1.165) is 10.2 Å². The minimum absolute atomic E-state index is 0.0140. The van der Waals surface area contributed by atoms with E-state index < -0.39 is 0 Å². The number of nitrogens with two attached hydrogens (primary N) is 1. The zero-order chi connectivity index (χ0) is 12.2. The lowest BCUT2D eigenvalue weighted by molar-refractivity contribution is 0.657. The normalized spacial score (nSPS) is 15.5. The standard InChI is InChI=1S/C15H14BrN/c1-15(2)11-6-4-3-5-9(11)10-7-8-12(17)14(16)13(10)15/h3-8H,17H2,1-2H3. The van der Waals surface area contributed by atoms with Gasteiger partial charge in [0.05, 0.1) is 0 Å². The summed E-state index contributed by atoms with van der Waals surface area (Å²) < 4.78 is 1.04. The van der Waals surface area contributed by atoms with E-state index in [1.807, 2.05) is 6.07 Å². The summed E-state index contributed by atoms with van der Waals surface area (Å²) in [5, 5.41) is 0. The molecule has 0 amide bonds. The van der Waals surface area contributed by atoms with Gasteiger partial charge in [-0.05, 0) is 44.3 Å². The summed E-state index contributed by atoms with van der Waals surface area (Å²) in [5.74, 6) is 0. The molecule has 0 aromatic heterocycles. The molecule has 1 nitrogen and oxygen atoms in total. The largest absolute Gasteiger partial charge is 0.398 e. The first kappa shape index (κ1) is 10.8. The monoisotopic (exact) mass is 287 g/mol. The predicted octanol–water partition coefficient (Wildman–Crippen LogP) is 4.34. The van der Waals surface area contributed by atoms with Gasteiger partial charge in [-0.1, -0.05) is 44.2 Å². The topological polar surface area (TPSA) is 26.0 Å². The molecule has 0 unspecified atom stereocenters. The molecular weight excluding hydrogens is 274 g/mol. The van der Waals surface area contributed by atoms with Crippen molar-refractivity contribution in [2.24, 2.45) is 0 Å². The molecule has 2 N–H and O–H groups in total. The number of hydrogen-bond donors (Lipinski definition) is 1. The molecule has 86 valence electrons. The number of hydrogen-bond acceptors (Lipinski definition) is 1. The number of anilines is 1. The molecule has 2 aromatic rings. The van der Waals surface area contributed by atoms with E-state index >= 15 is 0 Å². The van der Waals surface area contributed by atoms with Crippen molar-refractivity contribution in [2.45, 2.75) is 19.3 Å². The highest BCUT2D eigenvalue weighted by Crippen LogP contribution is 2.52. The zero-order valence-electron chi connectivity index (χ0n) is 9.92. The summed E-state index contributed by atoms with van der Waals surface area (Å²) in [6, 6.07) is 12.7. The molecule has 0 saturated heterocycles. The average Bonchev–Trinajstić information content (AvgIpc) is 2.54. The Morgan fingerprint density at radius 3 is 2.47 bits per heavy atom. The fraction of sp³-hybridized carbons (Fsp3) is 0.200. The number of rotatable bonds is 0. The molecule has 0 atom stereocenters. The smallest absolute Gasteiger partial charge is 0.0462 e. The van der Waals surface area contributed by atoms with Crippen molar-refractivity contribution in [1.82, 2.24) is 0 Å². The lowest BCUT2D eigenvalue weighted by Crippen LogP contribution is -2.16. The molecule has 17 heavy (non-hydrogen) atoms. The lowest BCUT2D eigenvalue weighted by Gasteiger charge is -2.23. The number of halogens is 1. The Balaban J connectivity index is 2.44. The van der Waals surface area contributed by atoms with Gasteiger partial charge in [0.2, 0.25) is 0 Å². The van der Waals surface area contributed by atoms with Crippen molar-refractivity contribution < 1.29 is 0 Å². The second-order valence-electron chi connectivity index (χ2n) is 5.06. The molecule has 2 aromatic carbocycles.